The average molecular weight is 379 g/mol. The first kappa shape index (κ1) is 18.0. The standard InChI is InChI=1S/C20H21N5O3/c1-13-5-8-21-25(13)10-7-18(26)24-9-6-16-17(12-24)23-19(22-16)14-3-2-4-15(11-14)20(27)28/h2-5,8,11H,6-7,9-10,12H2,1H3,(H,22,23)(H,27,28). The maximum atomic E-state index is 12.6. The van der Waals surface area contributed by atoms with Crippen LogP contribution in [0.4, 0.5) is 0 Å². The lowest BCUT2D eigenvalue weighted by atomic mass is 10.1. The molecule has 1 aliphatic rings. The van der Waals surface area contributed by atoms with Crippen molar-refractivity contribution in [2.75, 3.05) is 6.54 Å². The Kier molecular flexibility index (Phi) is 4.68. The Morgan fingerprint density at radius 3 is 2.89 bits per heavy atom. The molecule has 0 aliphatic carbocycles. The van der Waals surface area contributed by atoms with Gasteiger partial charge in [-0.25, -0.2) is 9.78 Å². The van der Waals surface area contributed by atoms with E-state index < -0.39 is 5.97 Å². The fraction of sp³-hybridized carbons (Fsp3) is 0.300. The van der Waals surface area contributed by atoms with Gasteiger partial charge in [-0.15, -0.1) is 0 Å². The van der Waals surface area contributed by atoms with Crippen molar-refractivity contribution >= 4 is 11.9 Å². The first-order chi connectivity index (χ1) is 13.5. The zero-order chi connectivity index (χ0) is 19.7. The number of fused-ring (bicyclic) bond motifs is 1. The summed E-state index contributed by atoms with van der Waals surface area (Å²) in [4.78, 5) is 33.5. The molecular weight excluding hydrogens is 358 g/mol. The number of nitrogens with zero attached hydrogens (tertiary/aromatic N) is 4. The molecule has 0 radical (unpaired) electrons. The molecule has 2 N–H and O–H groups in total. The molecule has 0 spiro atoms. The van der Waals surface area contributed by atoms with Gasteiger partial charge in [-0.3, -0.25) is 9.48 Å². The van der Waals surface area contributed by atoms with Crippen molar-refractivity contribution in [2.45, 2.75) is 32.9 Å². The molecule has 28 heavy (non-hydrogen) atoms. The van der Waals surface area contributed by atoms with E-state index in [0.717, 1.165) is 22.6 Å². The first-order valence-corrected chi connectivity index (χ1v) is 9.19. The van der Waals surface area contributed by atoms with Crippen LogP contribution in [0.3, 0.4) is 0 Å². The van der Waals surface area contributed by atoms with Gasteiger partial charge in [0.25, 0.3) is 0 Å². The summed E-state index contributed by atoms with van der Waals surface area (Å²) in [5.41, 5.74) is 3.82. The Balaban J connectivity index is 1.46. The van der Waals surface area contributed by atoms with Crippen LogP contribution in [0, 0.1) is 6.92 Å². The molecular formula is C20H21N5O3. The van der Waals surface area contributed by atoms with Crippen molar-refractivity contribution in [3.8, 4) is 11.4 Å². The van der Waals surface area contributed by atoms with Crippen LogP contribution in [0.1, 0.15) is 33.9 Å². The number of carbonyl (C=O) groups excluding carboxylic acids is 1. The van der Waals surface area contributed by atoms with Crippen molar-refractivity contribution in [1.29, 1.82) is 0 Å². The largest absolute Gasteiger partial charge is 0.478 e. The first-order valence-electron chi connectivity index (χ1n) is 9.19. The van der Waals surface area contributed by atoms with Gasteiger partial charge in [0.15, 0.2) is 0 Å². The number of aromatic amines is 1. The van der Waals surface area contributed by atoms with E-state index in [2.05, 4.69) is 15.1 Å². The summed E-state index contributed by atoms with van der Waals surface area (Å²) in [6.07, 6.45) is 2.81. The summed E-state index contributed by atoms with van der Waals surface area (Å²) in [5.74, 6) is -0.249. The second-order valence-electron chi connectivity index (χ2n) is 6.91. The minimum atomic E-state index is -0.970. The number of nitrogens with one attached hydrogen (secondary N) is 1. The molecule has 0 saturated heterocycles. The molecule has 0 fully saturated rings. The minimum absolute atomic E-state index is 0.0876. The van der Waals surface area contributed by atoms with E-state index in [1.54, 1.807) is 24.4 Å². The number of carboxylic acid groups (broad SMARTS) is 1. The summed E-state index contributed by atoms with van der Waals surface area (Å²) < 4.78 is 1.83. The van der Waals surface area contributed by atoms with E-state index in [9.17, 15) is 9.59 Å². The van der Waals surface area contributed by atoms with Crippen molar-refractivity contribution in [3.05, 3.63) is 59.2 Å². The molecule has 3 heterocycles. The Labute approximate surface area is 161 Å². The number of imidazole rings is 1. The van der Waals surface area contributed by atoms with Crippen LogP contribution in [0.5, 0.6) is 0 Å². The van der Waals surface area contributed by atoms with Crippen LogP contribution in [0.2, 0.25) is 0 Å². The molecule has 4 rings (SSSR count). The second kappa shape index (κ2) is 7.30. The normalized spacial score (nSPS) is 13.4. The third kappa shape index (κ3) is 3.53. The molecule has 0 bridgehead atoms. The van der Waals surface area contributed by atoms with E-state index in [-0.39, 0.29) is 11.5 Å². The Morgan fingerprint density at radius 2 is 2.14 bits per heavy atom. The molecule has 1 aliphatic heterocycles. The number of amides is 1. The van der Waals surface area contributed by atoms with Gasteiger partial charge in [0.1, 0.15) is 5.82 Å². The highest BCUT2D eigenvalue weighted by atomic mass is 16.4. The molecule has 0 unspecified atom stereocenters. The molecule has 0 saturated carbocycles. The van der Waals surface area contributed by atoms with Gasteiger partial charge in [0, 0.05) is 43.4 Å². The van der Waals surface area contributed by atoms with E-state index >= 15 is 0 Å². The highest BCUT2D eigenvalue weighted by molar-refractivity contribution is 5.89. The molecule has 0 atom stereocenters. The topological polar surface area (TPSA) is 104 Å². The number of aromatic nitrogens is 4. The SMILES string of the molecule is Cc1ccnn1CCC(=O)N1CCc2nc(-c3cccc(C(=O)O)c3)[nH]c2C1. The van der Waals surface area contributed by atoms with Crippen LogP contribution < -0.4 is 0 Å². The van der Waals surface area contributed by atoms with Gasteiger partial charge in [0.05, 0.1) is 23.5 Å². The Bertz CT molecular complexity index is 1040. The quantitative estimate of drug-likeness (QED) is 0.708. The summed E-state index contributed by atoms with van der Waals surface area (Å²) in [6.45, 7) is 3.65. The zero-order valence-corrected chi connectivity index (χ0v) is 15.6. The van der Waals surface area contributed by atoms with Crippen LogP contribution in [-0.4, -0.2) is 48.2 Å². The third-order valence-electron chi connectivity index (χ3n) is 5.03. The number of rotatable bonds is 5. The Morgan fingerprint density at radius 1 is 1.29 bits per heavy atom. The number of benzene rings is 1. The van der Waals surface area contributed by atoms with E-state index in [1.807, 2.05) is 28.6 Å². The lowest BCUT2D eigenvalue weighted by molar-refractivity contribution is -0.132. The highest BCUT2D eigenvalue weighted by Crippen LogP contribution is 2.24. The number of hydrogen-bond donors (Lipinski definition) is 2. The number of hydrogen-bond acceptors (Lipinski definition) is 4. The van der Waals surface area contributed by atoms with Gasteiger partial charge in [-0.2, -0.15) is 5.10 Å². The second-order valence-corrected chi connectivity index (χ2v) is 6.91. The number of aryl methyl sites for hydroxylation is 2. The fourth-order valence-corrected chi connectivity index (χ4v) is 3.44. The maximum absolute atomic E-state index is 12.6. The number of carbonyl (C=O) groups is 2. The van der Waals surface area contributed by atoms with E-state index in [4.69, 9.17) is 5.11 Å². The van der Waals surface area contributed by atoms with Crippen molar-refractivity contribution < 1.29 is 14.7 Å². The van der Waals surface area contributed by atoms with Crippen LogP contribution in [0.15, 0.2) is 36.5 Å². The van der Waals surface area contributed by atoms with Gasteiger partial charge in [-0.05, 0) is 25.1 Å². The molecule has 8 nitrogen and oxygen atoms in total. The Hall–Kier alpha value is -3.42. The fourth-order valence-electron chi connectivity index (χ4n) is 3.44. The van der Waals surface area contributed by atoms with E-state index in [1.165, 1.54) is 0 Å². The van der Waals surface area contributed by atoms with Crippen molar-refractivity contribution in [1.82, 2.24) is 24.6 Å². The molecule has 144 valence electrons. The smallest absolute Gasteiger partial charge is 0.335 e. The molecule has 1 aromatic carbocycles. The van der Waals surface area contributed by atoms with Crippen molar-refractivity contribution in [3.63, 3.8) is 0 Å². The van der Waals surface area contributed by atoms with Gasteiger partial charge in [-0.1, -0.05) is 12.1 Å². The lowest BCUT2D eigenvalue weighted by Crippen LogP contribution is -2.36. The molecule has 1 amide bonds. The highest BCUT2D eigenvalue weighted by Gasteiger charge is 2.24. The maximum Gasteiger partial charge on any atom is 0.335 e. The van der Waals surface area contributed by atoms with Crippen LogP contribution in [-0.2, 0) is 24.3 Å². The monoisotopic (exact) mass is 379 g/mol. The molecule has 8 heteroatoms. The van der Waals surface area contributed by atoms with Gasteiger partial charge < -0.3 is 15.0 Å². The third-order valence-corrected chi connectivity index (χ3v) is 5.03. The summed E-state index contributed by atoms with van der Waals surface area (Å²) in [7, 11) is 0. The predicted octanol–water partition coefficient (Wildman–Crippen LogP) is 2.25. The minimum Gasteiger partial charge on any atom is -0.478 e. The van der Waals surface area contributed by atoms with E-state index in [0.29, 0.717) is 38.3 Å². The van der Waals surface area contributed by atoms with Gasteiger partial charge >= 0.3 is 5.97 Å². The van der Waals surface area contributed by atoms with Gasteiger partial charge in [0.2, 0.25) is 5.91 Å². The summed E-state index contributed by atoms with van der Waals surface area (Å²) >= 11 is 0. The van der Waals surface area contributed by atoms with Crippen LogP contribution >= 0.6 is 0 Å². The molecule has 3 aromatic rings. The summed E-state index contributed by atoms with van der Waals surface area (Å²) in [6, 6.07) is 8.60. The van der Waals surface area contributed by atoms with Crippen LogP contribution in [0.25, 0.3) is 11.4 Å². The average Bonchev–Trinajstić information content (AvgIpc) is 3.31. The zero-order valence-electron chi connectivity index (χ0n) is 15.6. The number of H-pyrrole nitrogens is 1. The summed E-state index contributed by atoms with van der Waals surface area (Å²) in [5, 5.41) is 13.4. The predicted molar refractivity (Wildman–Crippen MR) is 102 cm³/mol. The lowest BCUT2D eigenvalue weighted by Gasteiger charge is -2.26. The number of carboxylic acids is 1. The molecule has 2 aromatic heterocycles. The number of aromatic carboxylic acids is 1. The van der Waals surface area contributed by atoms with Crippen molar-refractivity contribution in [2.24, 2.45) is 0 Å².